The summed E-state index contributed by atoms with van der Waals surface area (Å²) in [6.45, 7) is 1.82. The summed E-state index contributed by atoms with van der Waals surface area (Å²) in [5.74, 6) is -1.74. The predicted molar refractivity (Wildman–Crippen MR) is 102 cm³/mol. The average Bonchev–Trinajstić information content (AvgIpc) is 2.65. The lowest BCUT2D eigenvalue weighted by Gasteiger charge is -2.15. The quantitative estimate of drug-likeness (QED) is 0.430. The molecule has 0 unspecified atom stereocenters. The van der Waals surface area contributed by atoms with Crippen LogP contribution in [0.4, 0.5) is 4.79 Å². The van der Waals surface area contributed by atoms with E-state index in [4.69, 9.17) is 8.92 Å². The molecule has 1 aliphatic heterocycles. The zero-order valence-electron chi connectivity index (χ0n) is 15.4. The fourth-order valence-corrected chi connectivity index (χ4v) is 3.42. The molecule has 1 heterocycles. The van der Waals surface area contributed by atoms with Crippen molar-refractivity contribution in [3.63, 3.8) is 0 Å². The van der Waals surface area contributed by atoms with E-state index < -0.39 is 28.0 Å². The number of aryl methyl sites for hydroxylation is 1. The number of amides is 4. The molecule has 29 heavy (non-hydrogen) atoms. The average molecular weight is 416 g/mol. The molecule has 4 amide bonds. The molecule has 10 heteroatoms. The summed E-state index contributed by atoms with van der Waals surface area (Å²) in [4.78, 5) is 34.8. The van der Waals surface area contributed by atoms with Gasteiger partial charge in [-0.15, -0.1) is 0 Å². The summed E-state index contributed by atoms with van der Waals surface area (Å²) in [6, 6.07) is 9.40. The van der Waals surface area contributed by atoms with Gasteiger partial charge in [-0.2, -0.15) is 8.42 Å². The first-order valence-electron chi connectivity index (χ1n) is 8.27. The van der Waals surface area contributed by atoms with Crippen molar-refractivity contribution in [1.29, 1.82) is 0 Å². The number of methoxy groups -OCH3 is 1. The van der Waals surface area contributed by atoms with Crippen LogP contribution in [0.5, 0.6) is 11.5 Å². The second kappa shape index (κ2) is 7.76. The van der Waals surface area contributed by atoms with E-state index in [1.54, 1.807) is 12.1 Å². The largest absolute Gasteiger partial charge is 0.493 e. The standard InChI is InChI=1S/C19H16N2O7S/c1-11-3-6-13(7-4-11)29(25,26)28-16-10-12(5-8-15(16)27-2)9-14-17(22)20-19(24)21-18(14)23/h3-10H,1-2H3,(H2,20,21,22,23,24). The molecule has 0 spiro atoms. The van der Waals surface area contributed by atoms with Crippen LogP contribution in [0.1, 0.15) is 11.1 Å². The number of rotatable bonds is 5. The van der Waals surface area contributed by atoms with E-state index in [1.165, 1.54) is 43.5 Å². The van der Waals surface area contributed by atoms with Crippen LogP contribution in [0.15, 0.2) is 52.9 Å². The molecular weight excluding hydrogens is 400 g/mol. The van der Waals surface area contributed by atoms with E-state index in [9.17, 15) is 22.8 Å². The highest BCUT2D eigenvalue weighted by Crippen LogP contribution is 2.31. The van der Waals surface area contributed by atoms with E-state index in [2.05, 4.69) is 0 Å². The maximum atomic E-state index is 12.6. The van der Waals surface area contributed by atoms with Crippen molar-refractivity contribution in [3.05, 3.63) is 59.2 Å². The third-order valence-electron chi connectivity index (χ3n) is 3.95. The van der Waals surface area contributed by atoms with Crippen molar-refractivity contribution in [1.82, 2.24) is 10.6 Å². The Morgan fingerprint density at radius 2 is 1.52 bits per heavy atom. The van der Waals surface area contributed by atoms with Crippen LogP contribution in [-0.2, 0) is 19.7 Å². The minimum Gasteiger partial charge on any atom is -0.493 e. The van der Waals surface area contributed by atoms with Gasteiger partial charge in [-0.3, -0.25) is 20.2 Å². The molecule has 2 aromatic rings. The Hall–Kier alpha value is -3.66. The van der Waals surface area contributed by atoms with Crippen LogP contribution in [-0.4, -0.2) is 33.4 Å². The number of barbiturate groups is 1. The van der Waals surface area contributed by atoms with Crippen LogP contribution in [0.25, 0.3) is 6.08 Å². The molecule has 0 radical (unpaired) electrons. The number of ether oxygens (including phenoxy) is 1. The lowest BCUT2D eigenvalue weighted by atomic mass is 10.1. The molecule has 0 saturated carbocycles. The molecular formula is C19H16N2O7S. The SMILES string of the molecule is COc1ccc(C=C2C(=O)NC(=O)NC2=O)cc1OS(=O)(=O)c1ccc(C)cc1. The zero-order valence-corrected chi connectivity index (χ0v) is 16.2. The fourth-order valence-electron chi connectivity index (χ4n) is 2.49. The van der Waals surface area contributed by atoms with Gasteiger partial charge in [-0.05, 0) is 42.8 Å². The van der Waals surface area contributed by atoms with E-state index in [1.807, 2.05) is 17.6 Å². The van der Waals surface area contributed by atoms with E-state index in [0.717, 1.165) is 5.56 Å². The first kappa shape index (κ1) is 20.1. The van der Waals surface area contributed by atoms with Gasteiger partial charge in [0.1, 0.15) is 10.5 Å². The van der Waals surface area contributed by atoms with Crippen molar-refractivity contribution >= 4 is 34.0 Å². The molecule has 2 aromatic carbocycles. The van der Waals surface area contributed by atoms with Crippen molar-refractivity contribution < 1.29 is 31.7 Å². The van der Waals surface area contributed by atoms with E-state index in [0.29, 0.717) is 0 Å². The Balaban J connectivity index is 1.96. The fraction of sp³-hybridized carbons (Fsp3) is 0.105. The van der Waals surface area contributed by atoms with Gasteiger partial charge in [0.2, 0.25) is 0 Å². The molecule has 1 fully saturated rings. The predicted octanol–water partition coefficient (Wildman–Crippen LogP) is 1.52. The summed E-state index contributed by atoms with van der Waals surface area (Å²) < 4.78 is 35.5. The molecule has 9 nitrogen and oxygen atoms in total. The van der Waals surface area contributed by atoms with Gasteiger partial charge in [0, 0.05) is 0 Å². The number of carbonyl (C=O) groups excluding carboxylic acids is 3. The molecule has 0 aromatic heterocycles. The van der Waals surface area contributed by atoms with Crippen LogP contribution in [0.3, 0.4) is 0 Å². The lowest BCUT2D eigenvalue weighted by Crippen LogP contribution is -2.51. The minimum atomic E-state index is -4.15. The Bertz CT molecular complexity index is 1110. The number of carbonyl (C=O) groups is 3. The maximum absolute atomic E-state index is 12.6. The summed E-state index contributed by atoms with van der Waals surface area (Å²) in [7, 11) is -2.81. The Morgan fingerprint density at radius 3 is 2.10 bits per heavy atom. The molecule has 150 valence electrons. The first-order chi connectivity index (χ1) is 13.7. The van der Waals surface area contributed by atoms with Crippen molar-refractivity contribution in [2.45, 2.75) is 11.8 Å². The third-order valence-corrected chi connectivity index (χ3v) is 5.20. The number of hydrogen-bond donors (Lipinski definition) is 2. The van der Waals surface area contributed by atoms with Crippen molar-refractivity contribution in [2.24, 2.45) is 0 Å². The number of benzene rings is 2. The summed E-state index contributed by atoms with van der Waals surface area (Å²) >= 11 is 0. The van der Waals surface area contributed by atoms with Crippen LogP contribution < -0.4 is 19.6 Å². The number of nitrogens with one attached hydrogen (secondary N) is 2. The third kappa shape index (κ3) is 4.43. The Labute approximate surface area is 166 Å². The monoisotopic (exact) mass is 416 g/mol. The number of hydrogen-bond acceptors (Lipinski definition) is 7. The van der Waals surface area contributed by atoms with Gasteiger partial charge in [0.25, 0.3) is 11.8 Å². The van der Waals surface area contributed by atoms with Gasteiger partial charge in [0.05, 0.1) is 7.11 Å². The minimum absolute atomic E-state index is 0.0431. The number of imide groups is 2. The van der Waals surface area contributed by atoms with Gasteiger partial charge >= 0.3 is 16.1 Å². The van der Waals surface area contributed by atoms with Gasteiger partial charge in [0.15, 0.2) is 11.5 Å². The van der Waals surface area contributed by atoms with Crippen LogP contribution >= 0.6 is 0 Å². The molecule has 2 N–H and O–H groups in total. The topological polar surface area (TPSA) is 128 Å². The molecule has 1 aliphatic rings. The Kier molecular flexibility index (Phi) is 5.37. The normalized spacial score (nSPS) is 14.1. The number of urea groups is 1. The molecule has 0 aliphatic carbocycles. The summed E-state index contributed by atoms with van der Waals surface area (Å²) in [5.41, 5.74) is 0.856. The van der Waals surface area contributed by atoms with E-state index in [-0.39, 0.29) is 27.5 Å². The highest BCUT2D eigenvalue weighted by Gasteiger charge is 2.28. The Morgan fingerprint density at radius 1 is 0.897 bits per heavy atom. The van der Waals surface area contributed by atoms with Crippen LogP contribution in [0.2, 0.25) is 0 Å². The van der Waals surface area contributed by atoms with E-state index >= 15 is 0 Å². The molecule has 1 saturated heterocycles. The summed E-state index contributed by atoms with van der Waals surface area (Å²) in [5, 5.41) is 3.90. The maximum Gasteiger partial charge on any atom is 0.339 e. The van der Waals surface area contributed by atoms with Crippen molar-refractivity contribution in [3.8, 4) is 11.5 Å². The molecule has 3 rings (SSSR count). The zero-order chi connectivity index (χ0) is 21.2. The second-order valence-electron chi connectivity index (χ2n) is 6.06. The molecule has 0 bridgehead atoms. The van der Waals surface area contributed by atoms with Crippen LogP contribution in [0, 0.1) is 6.92 Å². The summed E-state index contributed by atoms with van der Waals surface area (Å²) in [6.07, 6.45) is 1.20. The first-order valence-corrected chi connectivity index (χ1v) is 9.68. The van der Waals surface area contributed by atoms with Crippen molar-refractivity contribution in [2.75, 3.05) is 7.11 Å². The van der Waals surface area contributed by atoms with Gasteiger partial charge in [-0.25, -0.2) is 4.79 Å². The highest BCUT2D eigenvalue weighted by molar-refractivity contribution is 7.87. The highest BCUT2D eigenvalue weighted by atomic mass is 32.2. The second-order valence-corrected chi connectivity index (χ2v) is 7.60. The van der Waals surface area contributed by atoms with Gasteiger partial charge < -0.3 is 8.92 Å². The smallest absolute Gasteiger partial charge is 0.339 e. The lowest BCUT2D eigenvalue weighted by molar-refractivity contribution is -0.123. The van der Waals surface area contributed by atoms with Gasteiger partial charge in [-0.1, -0.05) is 23.8 Å². The molecule has 0 atom stereocenters.